The molecule has 0 aromatic carbocycles. The summed E-state index contributed by atoms with van der Waals surface area (Å²) in [4.78, 5) is 16.1. The lowest BCUT2D eigenvalue weighted by molar-refractivity contribution is 0.0934. The first-order valence-electron chi connectivity index (χ1n) is 5.78. The van der Waals surface area contributed by atoms with Gasteiger partial charge in [-0.2, -0.15) is 11.8 Å². The lowest BCUT2D eigenvalue weighted by Gasteiger charge is -2.22. The minimum Gasteiger partial charge on any atom is -0.384 e. The molecule has 1 aromatic rings. The Bertz CT molecular complexity index is 396. The summed E-state index contributed by atoms with van der Waals surface area (Å²) in [7, 11) is 0. The van der Waals surface area contributed by atoms with Gasteiger partial charge in [0.15, 0.2) is 0 Å². The molecule has 92 valence electrons. The molecule has 1 saturated heterocycles. The smallest absolute Gasteiger partial charge is 0.251 e. The summed E-state index contributed by atoms with van der Waals surface area (Å²) in [5.41, 5.74) is 7.01. The zero-order valence-electron chi connectivity index (χ0n) is 9.90. The van der Waals surface area contributed by atoms with E-state index >= 15 is 0 Å². The van der Waals surface area contributed by atoms with Crippen LogP contribution in [0.1, 0.15) is 28.9 Å². The molecule has 0 radical (unpaired) electrons. The quantitative estimate of drug-likeness (QED) is 0.837. The van der Waals surface area contributed by atoms with Crippen LogP contribution in [0.2, 0.25) is 0 Å². The van der Waals surface area contributed by atoms with Gasteiger partial charge in [-0.25, -0.2) is 4.98 Å². The molecule has 5 heteroatoms. The average Bonchev–Trinajstić information content (AvgIpc) is 2.29. The van der Waals surface area contributed by atoms with Crippen molar-refractivity contribution in [3.8, 4) is 0 Å². The van der Waals surface area contributed by atoms with Gasteiger partial charge in [-0.05, 0) is 43.4 Å². The predicted octanol–water partition coefficient (Wildman–Crippen LogP) is 1.60. The molecule has 1 fully saturated rings. The van der Waals surface area contributed by atoms with Gasteiger partial charge in [0.1, 0.15) is 5.82 Å². The minimum absolute atomic E-state index is 0.0425. The molecule has 17 heavy (non-hydrogen) atoms. The number of carbonyl (C=O) groups is 1. The molecular weight excluding hydrogens is 234 g/mol. The van der Waals surface area contributed by atoms with E-state index in [2.05, 4.69) is 10.3 Å². The SMILES string of the molecule is Cc1cc(C(=O)NC2CCSCC2)cc(N)n1. The largest absolute Gasteiger partial charge is 0.384 e. The maximum Gasteiger partial charge on any atom is 0.251 e. The van der Waals surface area contributed by atoms with Crippen LogP contribution in [0.3, 0.4) is 0 Å². The van der Waals surface area contributed by atoms with E-state index in [1.54, 1.807) is 12.1 Å². The van der Waals surface area contributed by atoms with Crippen molar-refractivity contribution in [1.82, 2.24) is 10.3 Å². The molecule has 4 nitrogen and oxygen atoms in total. The third-order valence-corrected chi connectivity index (χ3v) is 3.84. The van der Waals surface area contributed by atoms with Crippen LogP contribution >= 0.6 is 11.8 Å². The van der Waals surface area contributed by atoms with Gasteiger partial charge in [-0.3, -0.25) is 4.79 Å². The number of nitrogens with zero attached hydrogens (tertiary/aromatic N) is 1. The van der Waals surface area contributed by atoms with E-state index in [-0.39, 0.29) is 5.91 Å². The van der Waals surface area contributed by atoms with Crippen molar-refractivity contribution in [2.24, 2.45) is 0 Å². The van der Waals surface area contributed by atoms with Crippen molar-refractivity contribution < 1.29 is 4.79 Å². The summed E-state index contributed by atoms with van der Waals surface area (Å²) >= 11 is 1.95. The van der Waals surface area contributed by atoms with Gasteiger partial charge < -0.3 is 11.1 Å². The van der Waals surface area contributed by atoms with Crippen LogP contribution in [0.25, 0.3) is 0 Å². The number of pyridine rings is 1. The number of nitrogens with two attached hydrogens (primary N) is 1. The first-order chi connectivity index (χ1) is 8.15. The van der Waals surface area contributed by atoms with Crippen LogP contribution < -0.4 is 11.1 Å². The number of anilines is 1. The molecule has 0 atom stereocenters. The highest BCUT2D eigenvalue weighted by Gasteiger charge is 2.17. The topological polar surface area (TPSA) is 68.0 Å². The number of thioether (sulfide) groups is 1. The van der Waals surface area contributed by atoms with Gasteiger partial charge in [0.25, 0.3) is 5.91 Å². The fraction of sp³-hybridized carbons (Fsp3) is 0.500. The molecule has 1 aromatic heterocycles. The normalized spacial score (nSPS) is 16.8. The number of amides is 1. The van der Waals surface area contributed by atoms with Crippen molar-refractivity contribution in [2.75, 3.05) is 17.2 Å². The number of nitrogen functional groups attached to an aromatic ring is 1. The molecule has 0 unspecified atom stereocenters. The number of aryl methyl sites for hydroxylation is 1. The molecular formula is C12H17N3OS. The highest BCUT2D eigenvalue weighted by molar-refractivity contribution is 7.99. The zero-order chi connectivity index (χ0) is 12.3. The van der Waals surface area contributed by atoms with Crippen LogP contribution in [0.5, 0.6) is 0 Å². The van der Waals surface area contributed by atoms with E-state index in [4.69, 9.17) is 5.73 Å². The molecule has 0 bridgehead atoms. The van der Waals surface area contributed by atoms with Gasteiger partial charge in [0.2, 0.25) is 0 Å². The third-order valence-electron chi connectivity index (χ3n) is 2.79. The maximum atomic E-state index is 12.0. The Kier molecular flexibility index (Phi) is 3.89. The average molecular weight is 251 g/mol. The lowest BCUT2D eigenvalue weighted by Crippen LogP contribution is -2.37. The molecule has 0 saturated carbocycles. The first-order valence-corrected chi connectivity index (χ1v) is 6.93. The molecule has 1 aliphatic heterocycles. The number of rotatable bonds is 2. The molecule has 0 aliphatic carbocycles. The maximum absolute atomic E-state index is 12.0. The monoisotopic (exact) mass is 251 g/mol. The van der Waals surface area contributed by atoms with Crippen LogP contribution in [-0.4, -0.2) is 28.4 Å². The standard InChI is InChI=1S/C12H17N3OS/c1-8-6-9(7-11(13)14-8)12(16)15-10-2-4-17-5-3-10/h6-7,10H,2-5H2,1H3,(H2,13,14)(H,15,16). The van der Waals surface area contributed by atoms with Crippen LogP contribution in [0, 0.1) is 6.92 Å². The predicted molar refractivity (Wildman–Crippen MR) is 71.2 cm³/mol. The van der Waals surface area contributed by atoms with E-state index in [0.29, 0.717) is 17.4 Å². The Morgan fingerprint density at radius 2 is 2.18 bits per heavy atom. The zero-order valence-corrected chi connectivity index (χ0v) is 10.7. The Balaban J connectivity index is 2.03. The van der Waals surface area contributed by atoms with E-state index in [1.807, 2.05) is 18.7 Å². The Hall–Kier alpha value is -1.23. The highest BCUT2D eigenvalue weighted by atomic mass is 32.2. The molecule has 2 rings (SSSR count). The van der Waals surface area contributed by atoms with E-state index < -0.39 is 0 Å². The second kappa shape index (κ2) is 5.40. The van der Waals surface area contributed by atoms with Crippen molar-refractivity contribution in [3.63, 3.8) is 0 Å². The van der Waals surface area contributed by atoms with Crippen LogP contribution in [-0.2, 0) is 0 Å². The molecule has 3 N–H and O–H groups in total. The third kappa shape index (κ3) is 3.36. The Morgan fingerprint density at radius 1 is 1.47 bits per heavy atom. The summed E-state index contributed by atoms with van der Waals surface area (Å²) in [5.74, 6) is 2.61. The summed E-state index contributed by atoms with van der Waals surface area (Å²) < 4.78 is 0. The Labute approximate surface area is 105 Å². The van der Waals surface area contributed by atoms with E-state index in [0.717, 1.165) is 30.0 Å². The molecule has 1 amide bonds. The van der Waals surface area contributed by atoms with Gasteiger partial charge in [-0.15, -0.1) is 0 Å². The van der Waals surface area contributed by atoms with Gasteiger partial charge in [-0.1, -0.05) is 0 Å². The first kappa shape index (κ1) is 12.2. The molecule has 2 heterocycles. The summed E-state index contributed by atoms with van der Waals surface area (Å²) in [5, 5.41) is 3.05. The van der Waals surface area contributed by atoms with E-state index in [9.17, 15) is 4.79 Å². The van der Waals surface area contributed by atoms with Gasteiger partial charge >= 0.3 is 0 Å². The summed E-state index contributed by atoms with van der Waals surface area (Å²) in [6.45, 7) is 1.84. The van der Waals surface area contributed by atoms with E-state index in [1.165, 1.54) is 0 Å². The number of nitrogens with one attached hydrogen (secondary N) is 1. The van der Waals surface area contributed by atoms with Crippen molar-refractivity contribution >= 4 is 23.5 Å². The number of hydrogen-bond acceptors (Lipinski definition) is 4. The van der Waals surface area contributed by atoms with Gasteiger partial charge in [0.05, 0.1) is 0 Å². The van der Waals surface area contributed by atoms with Crippen molar-refractivity contribution in [3.05, 3.63) is 23.4 Å². The number of carbonyl (C=O) groups excluding carboxylic acids is 1. The van der Waals surface area contributed by atoms with Crippen LogP contribution in [0.4, 0.5) is 5.82 Å². The second-order valence-corrected chi connectivity index (χ2v) is 5.51. The van der Waals surface area contributed by atoms with Crippen LogP contribution in [0.15, 0.2) is 12.1 Å². The fourth-order valence-corrected chi connectivity index (χ4v) is 3.04. The molecule has 1 aliphatic rings. The molecule has 0 spiro atoms. The fourth-order valence-electron chi connectivity index (χ4n) is 1.94. The van der Waals surface area contributed by atoms with Crippen molar-refractivity contribution in [1.29, 1.82) is 0 Å². The lowest BCUT2D eigenvalue weighted by atomic mass is 10.1. The number of hydrogen-bond donors (Lipinski definition) is 2. The summed E-state index contributed by atoms with van der Waals surface area (Å²) in [6.07, 6.45) is 2.10. The number of aromatic nitrogens is 1. The Morgan fingerprint density at radius 3 is 2.82 bits per heavy atom. The highest BCUT2D eigenvalue weighted by Crippen LogP contribution is 2.17. The van der Waals surface area contributed by atoms with Crippen molar-refractivity contribution in [2.45, 2.75) is 25.8 Å². The minimum atomic E-state index is -0.0425. The van der Waals surface area contributed by atoms with Gasteiger partial charge in [0, 0.05) is 17.3 Å². The summed E-state index contributed by atoms with van der Waals surface area (Å²) in [6, 6.07) is 3.70. The second-order valence-electron chi connectivity index (χ2n) is 4.28.